The first-order valence-electron chi connectivity index (χ1n) is 6.31. The largest absolute Gasteiger partial charge is 0.378 e. The third-order valence-electron chi connectivity index (χ3n) is 2.41. The van der Waals surface area contributed by atoms with Crippen LogP contribution in [0.5, 0.6) is 0 Å². The van der Waals surface area contributed by atoms with Gasteiger partial charge in [0.05, 0.1) is 26.4 Å². The molecule has 0 spiro atoms. The Balaban J connectivity index is 2.01. The Kier molecular flexibility index (Phi) is 7.48. The molecule has 1 rings (SSSR count). The van der Waals surface area contributed by atoms with Crippen molar-refractivity contribution in [2.24, 2.45) is 5.73 Å². The lowest BCUT2D eigenvalue weighted by atomic mass is 10.4. The van der Waals surface area contributed by atoms with Crippen LogP contribution < -0.4 is 11.1 Å². The summed E-state index contributed by atoms with van der Waals surface area (Å²) in [5, 5.41) is 2.55. The molecule has 0 saturated carbocycles. The zero-order chi connectivity index (χ0) is 14.8. The quantitative estimate of drug-likeness (QED) is 0.355. The molecule has 112 valence electrons. The number of nitrogens with one attached hydrogen (secondary N) is 1. The standard InChI is InChI=1S/C12H19N3O5/c13-3-5-19-7-8-20-6-4-14-10(16)9-15-11(17)1-2-12(15)18/h1-2H,3-9,13H2,(H,14,16). The molecule has 3 amide bonds. The Hall–Kier alpha value is -1.77. The molecule has 1 aliphatic heterocycles. The number of carbonyl (C=O) groups is 3. The molecule has 1 aliphatic rings. The van der Waals surface area contributed by atoms with Gasteiger partial charge in [-0.15, -0.1) is 0 Å². The van der Waals surface area contributed by atoms with E-state index in [1.807, 2.05) is 0 Å². The molecule has 0 aliphatic carbocycles. The van der Waals surface area contributed by atoms with Crippen LogP contribution in [0.1, 0.15) is 0 Å². The summed E-state index contributed by atoms with van der Waals surface area (Å²) >= 11 is 0. The van der Waals surface area contributed by atoms with Gasteiger partial charge in [-0.1, -0.05) is 0 Å². The molecule has 0 aromatic carbocycles. The van der Waals surface area contributed by atoms with E-state index in [2.05, 4.69) is 5.32 Å². The molecule has 0 atom stereocenters. The predicted octanol–water partition coefficient (Wildman–Crippen LogP) is -1.98. The van der Waals surface area contributed by atoms with Crippen molar-refractivity contribution >= 4 is 17.7 Å². The Morgan fingerprint density at radius 3 is 2.30 bits per heavy atom. The highest BCUT2D eigenvalue weighted by Crippen LogP contribution is 2.01. The van der Waals surface area contributed by atoms with Crippen molar-refractivity contribution < 1.29 is 23.9 Å². The maximum atomic E-state index is 11.5. The first kappa shape index (κ1) is 16.3. The molecule has 8 heteroatoms. The van der Waals surface area contributed by atoms with Crippen molar-refractivity contribution in [2.75, 3.05) is 46.1 Å². The van der Waals surface area contributed by atoms with Crippen molar-refractivity contribution in [3.63, 3.8) is 0 Å². The van der Waals surface area contributed by atoms with E-state index >= 15 is 0 Å². The maximum Gasteiger partial charge on any atom is 0.254 e. The van der Waals surface area contributed by atoms with Gasteiger partial charge in [0.25, 0.3) is 11.8 Å². The van der Waals surface area contributed by atoms with E-state index < -0.39 is 17.7 Å². The minimum Gasteiger partial charge on any atom is -0.378 e. The number of hydrogen-bond acceptors (Lipinski definition) is 6. The fraction of sp³-hybridized carbons (Fsp3) is 0.583. The SMILES string of the molecule is NCCOCCOCCNC(=O)CN1C(=O)C=CC1=O. The summed E-state index contributed by atoms with van der Waals surface area (Å²) < 4.78 is 10.3. The lowest BCUT2D eigenvalue weighted by Gasteiger charge is -2.13. The van der Waals surface area contributed by atoms with Crippen molar-refractivity contribution in [1.82, 2.24) is 10.2 Å². The van der Waals surface area contributed by atoms with E-state index in [-0.39, 0.29) is 6.54 Å². The van der Waals surface area contributed by atoms with Crippen LogP contribution in [0.3, 0.4) is 0 Å². The molecule has 0 saturated heterocycles. The second-order valence-electron chi connectivity index (χ2n) is 3.96. The maximum absolute atomic E-state index is 11.5. The summed E-state index contributed by atoms with van der Waals surface area (Å²) in [4.78, 5) is 34.8. The van der Waals surface area contributed by atoms with E-state index in [4.69, 9.17) is 15.2 Å². The molecule has 0 aromatic rings. The van der Waals surface area contributed by atoms with Crippen LogP contribution in [-0.4, -0.2) is 68.7 Å². The molecule has 0 aromatic heterocycles. The molecule has 8 nitrogen and oxygen atoms in total. The van der Waals surface area contributed by atoms with Gasteiger partial charge in [0.1, 0.15) is 6.54 Å². The van der Waals surface area contributed by atoms with Gasteiger partial charge in [0.2, 0.25) is 5.91 Å². The fourth-order valence-corrected chi connectivity index (χ4v) is 1.45. The van der Waals surface area contributed by atoms with Gasteiger partial charge >= 0.3 is 0 Å². The predicted molar refractivity (Wildman–Crippen MR) is 69.6 cm³/mol. The zero-order valence-corrected chi connectivity index (χ0v) is 11.2. The van der Waals surface area contributed by atoms with Crippen molar-refractivity contribution in [3.8, 4) is 0 Å². The number of rotatable bonds is 10. The molecule has 20 heavy (non-hydrogen) atoms. The summed E-state index contributed by atoms with van der Waals surface area (Å²) in [6.45, 7) is 2.20. The zero-order valence-electron chi connectivity index (χ0n) is 11.2. The second kappa shape index (κ2) is 9.18. The van der Waals surface area contributed by atoms with Gasteiger partial charge in [0, 0.05) is 25.2 Å². The molecule has 0 bridgehead atoms. The van der Waals surface area contributed by atoms with E-state index in [0.717, 1.165) is 17.1 Å². The Bertz CT molecular complexity index is 365. The van der Waals surface area contributed by atoms with Gasteiger partial charge in [-0.25, -0.2) is 0 Å². The minimum absolute atomic E-state index is 0.274. The van der Waals surface area contributed by atoms with Crippen LogP contribution in [0.25, 0.3) is 0 Å². The van der Waals surface area contributed by atoms with Gasteiger partial charge in [-0.3, -0.25) is 19.3 Å². The van der Waals surface area contributed by atoms with Gasteiger partial charge in [-0.2, -0.15) is 0 Å². The highest BCUT2D eigenvalue weighted by atomic mass is 16.5. The number of ether oxygens (including phenoxy) is 2. The van der Waals surface area contributed by atoms with E-state index in [9.17, 15) is 14.4 Å². The number of carbonyl (C=O) groups excluding carboxylic acids is 3. The third-order valence-corrected chi connectivity index (χ3v) is 2.41. The lowest BCUT2D eigenvalue weighted by molar-refractivity contribution is -0.141. The van der Waals surface area contributed by atoms with E-state index in [1.54, 1.807) is 0 Å². The van der Waals surface area contributed by atoms with Crippen LogP contribution in [0.2, 0.25) is 0 Å². The number of nitrogens with zero attached hydrogens (tertiary/aromatic N) is 1. The first-order valence-corrected chi connectivity index (χ1v) is 6.31. The Labute approximate surface area is 116 Å². The minimum atomic E-state index is -0.474. The normalized spacial score (nSPS) is 14.2. The topological polar surface area (TPSA) is 111 Å². The van der Waals surface area contributed by atoms with Crippen molar-refractivity contribution in [2.45, 2.75) is 0 Å². The van der Waals surface area contributed by atoms with Crippen LogP contribution in [0, 0.1) is 0 Å². The molecule has 0 radical (unpaired) electrons. The number of imide groups is 1. The molecule has 0 unspecified atom stereocenters. The van der Waals surface area contributed by atoms with Gasteiger partial charge in [-0.05, 0) is 0 Å². The number of amides is 3. The Morgan fingerprint density at radius 1 is 1.10 bits per heavy atom. The fourth-order valence-electron chi connectivity index (χ4n) is 1.45. The van der Waals surface area contributed by atoms with Crippen molar-refractivity contribution in [3.05, 3.63) is 12.2 Å². The summed E-state index contributed by atoms with van der Waals surface area (Å²) in [6.07, 6.45) is 2.28. The van der Waals surface area contributed by atoms with E-state index in [1.165, 1.54) is 0 Å². The third kappa shape index (κ3) is 5.91. The average Bonchev–Trinajstić information content (AvgIpc) is 2.73. The molecular weight excluding hydrogens is 266 g/mol. The highest BCUT2D eigenvalue weighted by Gasteiger charge is 2.25. The summed E-state index contributed by atoms with van der Waals surface area (Å²) in [6, 6.07) is 0. The summed E-state index contributed by atoms with van der Waals surface area (Å²) in [7, 11) is 0. The average molecular weight is 285 g/mol. The first-order chi connectivity index (χ1) is 9.65. The smallest absolute Gasteiger partial charge is 0.254 e. The van der Waals surface area contributed by atoms with Crippen LogP contribution in [0.15, 0.2) is 12.2 Å². The van der Waals surface area contributed by atoms with Gasteiger partial charge < -0.3 is 20.5 Å². The summed E-state index contributed by atoms with van der Waals surface area (Å²) in [5.74, 6) is -1.35. The monoisotopic (exact) mass is 285 g/mol. The second-order valence-corrected chi connectivity index (χ2v) is 3.96. The summed E-state index contributed by atoms with van der Waals surface area (Å²) in [5.41, 5.74) is 5.24. The molecule has 0 fully saturated rings. The molecule has 1 heterocycles. The van der Waals surface area contributed by atoms with Gasteiger partial charge in [0.15, 0.2) is 0 Å². The molecule has 3 N–H and O–H groups in total. The lowest BCUT2D eigenvalue weighted by Crippen LogP contribution is -2.41. The number of hydrogen-bond donors (Lipinski definition) is 2. The van der Waals surface area contributed by atoms with Crippen LogP contribution in [0.4, 0.5) is 0 Å². The van der Waals surface area contributed by atoms with Crippen molar-refractivity contribution in [1.29, 1.82) is 0 Å². The van der Waals surface area contributed by atoms with E-state index in [0.29, 0.717) is 39.5 Å². The molecular formula is C12H19N3O5. The van der Waals surface area contributed by atoms with Crippen LogP contribution >= 0.6 is 0 Å². The Morgan fingerprint density at radius 2 is 1.70 bits per heavy atom. The van der Waals surface area contributed by atoms with Crippen LogP contribution in [-0.2, 0) is 23.9 Å². The number of nitrogens with two attached hydrogens (primary N) is 1. The highest BCUT2D eigenvalue weighted by molar-refractivity contribution is 6.14.